The van der Waals surface area contributed by atoms with E-state index in [-0.39, 0.29) is 37.7 Å². The number of nitro groups is 1. The normalized spacial score (nSPS) is 12.3. The summed E-state index contributed by atoms with van der Waals surface area (Å²) in [6, 6.07) is 3.38. The Morgan fingerprint density at radius 3 is 2.18 bits per heavy atom. The Morgan fingerprint density at radius 2 is 1.63 bits per heavy atom. The van der Waals surface area contributed by atoms with Gasteiger partial charge in [0.25, 0.3) is 5.69 Å². The van der Waals surface area contributed by atoms with Crippen LogP contribution in [0, 0.1) is 16.0 Å². The van der Waals surface area contributed by atoms with Crippen molar-refractivity contribution in [1.82, 2.24) is 16.0 Å². The van der Waals surface area contributed by atoms with Crippen molar-refractivity contribution in [3.63, 3.8) is 0 Å². The van der Waals surface area contributed by atoms with Gasteiger partial charge in [-0.25, -0.2) is 4.79 Å². The van der Waals surface area contributed by atoms with Gasteiger partial charge in [0.2, 0.25) is 17.7 Å². The summed E-state index contributed by atoms with van der Waals surface area (Å²) in [5.41, 5.74) is 0.463. The van der Waals surface area contributed by atoms with Gasteiger partial charge in [-0.2, -0.15) is 0 Å². The summed E-state index contributed by atoms with van der Waals surface area (Å²) in [5, 5.41) is 18.1. The molecular formula is C25H34N4O9. The predicted molar refractivity (Wildman–Crippen MR) is 136 cm³/mol. The number of ether oxygens (including phenoxy) is 2. The van der Waals surface area contributed by atoms with Crippen LogP contribution in [0.4, 0.5) is 5.69 Å². The van der Waals surface area contributed by atoms with E-state index < -0.39 is 53.2 Å². The number of hydrogen-bond acceptors (Lipinski definition) is 9. The van der Waals surface area contributed by atoms with E-state index >= 15 is 0 Å². The molecule has 208 valence electrons. The first kappa shape index (κ1) is 31.7. The third-order valence-electron chi connectivity index (χ3n) is 5.05. The molecule has 0 bridgehead atoms. The van der Waals surface area contributed by atoms with Crippen molar-refractivity contribution in [2.45, 2.75) is 52.6 Å². The number of benzene rings is 1. The molecule has 1 aromatic carbocycles. The highest BCUT2D eigenvalue weighted by atomic mass is 16.6. The van der Waals surface area contributed by atoms with Gasteiger partial charge in [-0.15, -0.1) is 0 Å². The molecule has 3 amide bonds. The van der Waals surface area contributed by atoms with Crippen LogP contribution in [0.5, 0.6) is 0 Å². The molecule has 0 spiro atoms. The standard InChI is InChI=1S/C25H34N4O9/c1-5-37-22(32)14-12-19(25(34)38-6-2)27-24(33)23(16(3)4)28-21(31)15-26-20(30)13-9-17-7-10-18(11-8-17)29(35)36/h7-11,13,16,19,23H,5-6,12,14-15H2,1-4H3,(H,26,30)(H,27,33)(H,28,31)/b13-9+/t19-,23+/m1/s1. The third-order valence-corrected chi connectivity index (χ3v) is 5.05. The molecule has 3 N–H and O–H groups in total. The maximum Gasteiger partial charge on any atom is 0.328 e. The van der Waals surface area contributed by atoms with Gasteiger partial charge >= 0.3 is 11.9 Å². The SMILES string of the molecule is CCOC(=O)CC[C@@H](NC(=O)[C@@H](NC(=O)CNC(=O)/C=C/c1ccc([N+](=O)[O-])cc1)C(C)C)C(=O)OCC. The molecule has 0 aromatic heterocycles. The van der Waals surface area contributed by atoms with Crippen molar-refractivity contribution in [2.24, 2.45) is 5.92 Å². The molecule has 1 rings (SSSR count). The molecular weight excluding hydrogens is 500 g/mol. The molecule has 0 saturated heterocycles. The van der Waals surface area contributed by atoms with Crippen molar-refractivity contribution in [3.8, 4) is 0 Å². The Hall–Kier alpha value is -4.29. The van der Waals surface area contributed by atoms with Crippen LogP contribution in [0.3, 0.4) is 0 Å². The first-order valence-electron chi connectivity index (χ1n) is 12.1. The Kier molecular flexibility index (Phi) is 13.7. The second-order valence-corrected chi connectivity index (χ2v) is 8.35. The Balaban J connectivity index is 2.70. The van der Waals surface area contributed by atoms with Crippen LogP contribution >= 0.6 is 0 Å². The Labute approximate surface area is 220 Å². The topological polar surface area (TPSA) is 183 Å². The van der Waals surface area contributed by atoms with Crippen LogP contribution in [0.2, 0.25) is 0 Å². The zero-order valence-electron chi connectivity index (χ0n) is 21.9. The van der Waals surface area contributed by atoms with Gasteiger partial charge in [0.15, 0.2) is 0 Å². The molecule has 0 unspecified atom stereocenters. The predicted octanol–water partition coefficient (Wildman–Crippen LogP) is 1.26. The van der Waals surface area contributed by atoms with E-state index in [0.29, 0.717) is 5.56 Å². The molecule has 1 aromatic rings. The molecule has 0 heterocycles. The van der Waals surface area contributed by atoms with Gasteiger partial charge < -0.3 is 25.4 Å². The minimum atomic E-state index is -1.12. The zero-order chi connectivity index (χ0) is 28.7. The van der Waals surface area contributed by atoms with Gasteiger partial charge in [0.05, 0.1) is 24.7 Å². The van der Waals surface area contributed by atoms with Crippen LogP contribution in [0.1, 0.15) is 46.1 Å². The summed E-state index contributed by atoms with van der Waals surface area (Å²) >= 11 is 0. The minimum Gasteiger partial charge on any atom is -0.466 e. The third kappa shape index (κ3) is 11.6. The molecule has 0 aliphatic carbocycles. The molecule has 0 aliphatic rings. The highest BCUT2D eigenvalue weighted by molar-refractivity contribution is 5.95. The number of hydrogen-bond donors (Lipinski definition) is 3. The van der Waals surface area contributed by atoms with Crippen LogP contribution in [-0.4, -0.2) is 66.4 Å². The monoisotopic (exact) mass is 534 g/mol. The number of amides is 3. The van der Waals surface area contributed by atoms with Gasteiger partial charge in [0, 0.05) is 24.6 Å². The first-order chi connectivity index (χ1) is 18.0. The summed E-state index contributed by atoms with van der Waals surface area (Å²) in [7, 11) is 0. The molecule has 13 nitrogen and oxygen atoms in total. The van der Waals surface area contributed by atoms with Crippen LogP contribution in [0.15, 0.2) is 30.3 Å². The summed E-state index contributed by atoms with van der Waals surface area (Å²) in [4.78, 5) is 71.5. The van der Waals surface area contributed by atoms with Crippen LogP contribution < -0.4 is 16.0 Å². The van der Waals surface area contributed by atoms with Crippen molar-refractivity contribution >= 4 is 41.4 Å². The number of esters is 2. The van der Waals surface area contributed by atoms with Crippen molar-refractivity contribution in [2.75, 3.05) is 19.8 Å². The van der Waals surface area contributed by atoms with E-state index in [0.717, 1.165) is 6.08 Å². The highest BCUT2D eigenvalue weighted by Gasteiger charge is 2.30. The van der Waals surface area contributed by atoms with E-state index in [1.165, 1.54) is 30.3 Å². The van der Waals surface area contributed by atoms with E-state index in [9.17, 15) is 34.1 Å². The van der Waals surface area contributed by atoms with Gasteiger partial charge in [-0.3, -0.25) is 29.3 Å². The van der Waals surface area contributed by atoms with Crippen molar-refractivity contribution < 1.29 is 38.4 Å². The van der Waals surface area contributed by atoms with Crippen LogP contribution in [0.25, 0.3) is 6.08 Å². The highest BCUT2D eigenvalue weighted by Crippen LogP contribution is 2.12. The molecule has 0 aliphatic heterocycles. The molecule has 2 atom stereocenters. The lowest BCUT2D eigenvalue weighted by atomic mass is 10.0. The van der Waals surface area contributed by atoms with Crippen molar-refractivity contribution in [1.29, 1.82) is 0 Å². The fourth-order valence-electron chi connectivity index (χ4n) is 3.11. The van der Waals surface area contributed by atoms with E-state index in [4.69, 9.17) is 9.47 Å². The van der Waals surface area contributed by atoms with Gasteiger partial charge in [-0.1, -0.05) is 13.8 Å². The summed E-state index contributed by atoms with van der Waals surface area (Å²) in [5.74, 6) is -3.50. The Morgan fingerprint density at radius 1 is 1.00 bits per heavy atom. The van der Waals surface area contributed by atoms with E-state index in [1.807, 2.05) is 0 Å². The molecule has 13 heteroatoms. The number of nitrogens with zero attached hydrogens (tertiary/aromatic N) is 1. The molecule has 0 radical (unpaired) electrons. The lowest BCUT2D eigenvalue weighted by Crippen LogP contribution is -2.55. The number of carbonyl (C=O) groups is 5. The van der Waals surface area contributed by atoms with E-state index in [1.54, 1.807) is 27.7 Å². The second-order valence-electron chi connectivity index (χ2n) is 8.35. The number of non-ortho nitro benzene ring substituents is 1. The fraction of sp³-hybridized carbons (Fsp3) is 0.480. The minimum absolute atomic E-state index is 0.0423. The van der Waals surface area contributed by atoms with Crippen LogP contribution in [-0.2, 0) is 33.4 Å². The quantitative estimate of drug-likeness (QED) is 0.129. The number of carbonyl (C=O) groups excluding carboxylic acids is 5. The van der Waals surface area contributed by atoms with Crippen molar-refractivity contribution in [3.05, 3.63) is 46.0 Å². The maximum absolute atomic E-state index is 12.9. The average molecular weight is 535 g/mol. The average Bonchev–Trinajstić information content (AvgIpc) is 2.87. The summed E-state index contributed by atoms with van der Waals surface area (Å²) in [6.45, 7) is 6.46. The molecule has 0 fully saturated rings. The number of rotatable bonds is 15. The maximum atomic E-state index is 12.9. The van der Waals surface area contributed by atoms with E-state index in [2.05, 4.69) is 16.0 Å². The Bertz CT molecular complexity index is 1020. The second kappa shape index (κ2) is 16.5. The number of nitrogens with one attached hydrogen (secondary N) is 3. The first-order valence-corrected chi connectivity index (χ1v) is 12.1. The smallest absolute Gasteiger partial charge is 0.328 e. The largest absolute Gasteiger partial charge is 0.466 e. The number of nitro benzene ring substituents is 1. The molecule has 38 heavy (non-hydrogen) atoms. The summed E-state index contributed by atoms with van der Waals surface area (Å²) in [6.07, 6.45) is 2.43. The van der Waals surface area contributed by atoms with Gasteiger partial charge in [-0.05, 0) is 50.0 Å². The van der Waals surface area contributed by atoms with Gasteiger partial charge in [0.1, 0.15) is 12.1 Å². The fourth-order valence-corrected chi connectivity index (χ4v) is 3.11. The zero-order valence-corrected chi connectivity index (χ0v) is 21.9. The lowest BCUT2D eigenvalue weighted by Gasteiger charge is -2.24. The summed E-state index contributed by atoms with van der Waals surface area (Å²) < 4.78 is 9.83. The molecule has 0 saturated carbocycles. The lowest BCUT2D eigenvalue weighted by molar-refractivity contribution is -0.384.